The molecule has 2 heterocycles. The molecule has 7 heteroatoms. The summed E-state index contributed by atoms with van der Waals surface area (Å²) in [7, 11) is -3.47. The zero-order chi connectivity index (χ0) is 18.9. The van der Waals surface area contributed by atoms with Gasteiger partial charge in [-0.15, -0.1) is 0 Å². The number of aromatic nitrogens is 1. The maximum absolute atomic E-state index is 12.8. The second-order valence-electron chi connectivity index (χ2n) is 6.63. The highest BCUT2D eigenvalue weighted by Crippen LogP contribution is 2.22. The Balaban J connectivity index is 1.45. The molecule has 4 rings (SSSR count). The maximum atomic E-state index is 12.8. The molecule has 5 nitrogen and oxygen atoms in total. The first-order valence-corrected chi connectivity index (χ1v) is 10.7. The number of sulfonamides is 1. The van der Waals surface area contributed by atoms with Crippen LogP contribution >= 0.6 is 11.6 Å². The van der Waals surface area contributed by atoms with E-state index in [4.69, 9.17) is 11.6 Å². The van der Waals surface area contributed by atoms with E-state index in [0.29, 0.717) is 36.1 Å². The van der Waals surface area contributed by atoms with Crippen LogP contribution in [0.2, 0.25) is 5.02 Å². The molecule has 1 aliphatic rings. The minimum atomic E-state index is -3.47. The third kappa shape index (κ3) is 3.84. The predicted molar refractivity (Wildman–Crippen MR) is 107 cm³/mol. The Kier molecular flexibility index (Phi) is 5.14. The van der Waals surface area contributed by atoms with Gasteiger partial charge in [0.1, 0.15) is 0 Å². The fraction of sp³-hybridized carbons (Fsp3) is 0.250. The van der Waals surface area contributed by atoms with Crippen molar-refractivity contribution in [2.24, 2.45) is 0 Å². The van der Waals surface area contributed by atoms with Crippen molar-refractivity contribution >= 4 is 32.5 Å². The van der Waals surface area contributed by atoms with E-state index in [1.165, 1.54) is 5.56 Å². The fourth-order valence-electron chi connectivity index (χ4n) is 3.42. The van der Waals surface area contributed by atoms with Crippen LogP contribution in [0, 0.1) is 0 Å². The topological polar surface area (TPSA) is 53.5 Å². The molecule has 1 aliphatic heterocycles. The molecule has 0 atom stereocenters. The number of benzene rings is 2. The lowest BCUT2D eigenvalue weighted by Gasteiger charge is -2.34. The third-order valence-electron chi connectivity index (χ3n) is 4.89. The van der Waals surface area contributed by atoms with Crippen molar-refractivity contribution in [3.63, 3.8) is 0 Å². The summed E-state index contributed by atoms with van der Waals surface area (Å²) >= 11 is 5.86. The molecular formula is C20H20ClN3O2S. The highest BCUT2D eigenvalue weighted by Gasteiger charge is 2.28. The number of nitrogens with zero attached hydrogens (tertiary/aromatic N) is 3. The normalized spacial score (nSPS) is 16.6. The maximum Gasteiger partial charge on any atom is 0.243 e. The van der Waals surface area contributed by atoms with E-state index in [1.807, 2.05) is 18.3 Å². The lowest BCUT2D eigenvalue weighted by atomic mass is 10.1. The van der Waals surface area contributed by atoms with Crippen LogP contribution in [0.3, 0.4) is 0 Å². The second-order valence-corrected chi connectivity index (χ2v) is 9.00. The van der Waals surface area contributed by atoms with E-state index in [-0.39, 0.29) is 0 Å². The van der Waals surface area contributed by atoms with Crippen molar-refractivity contribution in [3.05, 3.63) is 71.4 Å². The highest BCUT2D eigenvalue weighted by atomic mass is 35.5. The molecule has 0 amide bonds. The van der Waals surface area contributed by atoms with Gasteiger partial charge >= 0.3 is 0 Å². The van der Waals surface area contributed by atoms with E-state index >= 15 is 0 Å². The average Bonchev–Trinajstić information content (AvgIpc) is 2.69. The number of fused-ring (bicyclic) bond motifs is 1. The van der Waals surface area contributed by atoms with Gasteiger partial charge in [0.2, 0.25) is 10.0 Å². The van der Waals surface area contributed by atoms with Gasteiger partial charge < -0.3 is 0 Å². The van der Waals surface area contributed by atoms with Gasteiger partial charge in [0.25, 0.3) is 0 Å². The molecule has 0 bridgehead atoms. The first kappa shape index (κ1) is 18.4. The molecule has 1 fully saturated rings. The number of pyridine rings is 1. The van der Waals surface area contributed by atoms with Crippen LogP contribution in [0.5, 0.6) is 0 Å². The molecule has 140 valence electrons. The summed E-state index contributed by atoms with van der Waals surface area (Å²) in [6, 6.07) is 16.5. The van der Waals surface area contributed by atoms with Crippen molar-refractivity contribution in [2.45, 2.75) is 11.4 Å². The minimum absolute atomic E-state index is 0.290. The van der Waals surface area contributed by atoms with Gasteiger partial charge in [-0.05, 0) is 35.9 Å². The summed E-state index contributed by atoms with van der Waals surface area (Å²) in [5, 5.41) is 1.65. The monoisotopic (exact) mass is 401 g/mol. The summed E-state index contributed by atoms with van der Waals surface area (Å²) in [5.41, 5.74) is 2.18. The Labute approximate surface area is 164 Å². The van der Waals surface area contributed by atoms with E-state index in [1.54, 1.807) is 28.6 Å². The number of para-hydroxylation sites is 1. The molecule has 0 saturated carbocycles. The second kappa shape index (κ2) is 7.56. The van der Waals surface area contributed by atoms with Crippen molar-refractivity contribution in [2.75, 3.05) is 26.2 Å². The standard InChI is InChI=1S/C20H20ClN3O2S/c21-18-6-8-19(9-7-18)27(25,26)24-13-11-23(12-14-24)15-17-4-1-3-16-5-2-10-22-20(16)17/h1-10H,11-15H2. The van der Waals surface area contributed by atoms with Gasteiger partial charge in [0.05, 0.1) is 10.4 Å². The highest BCUT2D eigenvalue weighted by molar-refractivity contribution is 7.89. The van der Waals surface area contributed by atoms with Crippen LogP contribution in [0.4, 0.5) is 0 Å². The van der Waals surface area contributed by atoms with Gasteiger partial charge in [-0.3, -0.25) is 9.88 Å². The van der Waals surface area contributed by atoms with Crippen molar-refractivity contribution in [1.82, 2.24) is 14.2 Å². The number of hydrogen-bond acceptors (Lipinski definition) is 4. The quantitative estimate of drug-likeness (QED) is 0.672. The summed E-state index contributed by atoms with van der Waals surface area (Å²) in [5.74, 6) is 0. The molecule has 0 aliphatic carbocycles. The molecular weight excluding hydrogens is 382 g/mol. The largest absolute Gasteiger partial charge is 0.296 e. The number of piperazine rings is 1. The summed E-state index contributed by atoms with van der Waals surface area (Å²) in [4.78, 5) is 7.07. The third-order valence-corrected chi connectivity index (χ3v) is 7.06. The average molecular weight is 402 g/mol. The summed E-state index contributed by atoms with van der Waals surface area (Å²) in [6.07, 6.45) is 1.81. The summed E-state index contributed by atoms with van der Waals surface area (Å²) < 4.78 is 27.1. The predicted octanol–water partition coefficient (Wildman–Crippen LogP) is 3.39. The van der Waals surface area contributed by atoms with Gasteiger partial charge in [-0.25, -0.2) is 8.42 Å². The lowest BCUT2D eigenvalue weighted by Crippen LogP contribution is -2.48. The van der Waals surface area contributed by atoms with E-state index in [9.17, 15) is 8.42 Å². The van der Waals surface area contributed by atoms with Gasteiger partial charge in [-0.2, -0.15) is 4.31 Å². The molecule has 2 aromatic carbocycles. The van der Waals surface area contributed by atoms with Crippen LogP contribution in [-0.2, 0) is 16.6 Å². The lowest BCUT2D eigenvalue weighted by molar-refractivity contribution is 0.182. The van der Waals surface area contributed by atoms with Crippen LogP contribution < -0.4 is 0 Å². The molecule has 27 heavy (non-hydrogen) atoms. The van der Waals surface area contributed by atoms with Crippen LogP contribution in [-0.4, -0.2) is 48.8 Å². The van der Waals surface area contributed by atoms with Crippen LogP contribution in [0.25, 0.3) is 10.9 Å². The van der Waals surface area contributed by atoms with Crippen molar-refractivity contribution in [1.29, 1.82) is 0 Å². The Morgan fingerprint density at radius 3 is 2.37 bits per heavy atom. The van der Waals surface area contributed by atoms with E-state index < -0.39 is 10.0 Å². The zero-order valence-corrected chi connectivity index (χ0v) is 16.3. The smallest absolute Gasteiger partial charge is 0.243 e. The Morgan fingerprint density at radius 2 is 1.63 bits per heavy atom. The molecule has 1 saturated heterocycles. The molecule has 0 unspecified atom stereocenters. The number of hydrogen-bond donors (Lipinski definition) is 0. The van der Waals surface area contributed by atoms with Crippen molar-refractivity contribution in [3.8, 4) is 0 Å². The van der Waals surface area contributed by atoms with Gasteiger partial charge in [-0.1, -0.05) is 35.9 Å². The Hall–Kier alpha value is -1.99. The molecule has 0 radical (unpaired) electrons. The molecule has 0 N–H and O–H groups in total. The number of rotatable bonds is 4. The number of halogens is 1. The first-order chi connectivity index (χ1) is 13.0. The Bertz CT molecular complexity index is 1040. The SMILES string of the molecule is O=S(=O)(c1ccc(Cl)cc1)N1CCN(Cc2cccc3cccnc23)CC1. The first-order valence-electron chi connectivity index (χ1n) is 8.85. The van der Waals surface area contributed by atoms with Crippen LogP contribution in [0.15, 0.2) is 65.7 Å². The zero-order valence-electron chi connectivity index (χ0n) is 14.8. The fourth-order valence-corrected chi connectivity index (χ4v) is 4.97. The van der Waals surface area contributed by atoms with E-state index in [2.05, 4.69) is 28.1 Å². The van der Waals surface area contributed by atoms with E-state index in [0.717, 1.165) is 17.4 Å². The van der Waals surface area contributed by atoms with Crippen LogP contribution in [0.1, 0.15) is 5.56 Å². The van der Waals surface area contributed by atoms with Crippen molar-refractivity contribution < 1.29 is 8.42 Å². The minimum Gasteiger partial charge on any atom is -0.296 e. The molecule has 1 aromatic heterocycles. The van der Waals surface area contributed by atoms with Gasteiger partial charge in [0, 0.05) is 49.3 Å². The van der Waals surface area contributed by atoms with Gasteiger partial charge in [0.15, 0.2) is 0 Å². The molecule has 3 aromatic rings. The Morgan fingerprint density at radius 1 is 0.926 bits per heavy atom. The summed E-state index contributed by atoms with van der Waals surface area (Å²) in [6.45, 7) is 3.10. The molecule has 0 spiro atoms.